The molecular formula is C16H21Br2N3. The predicted octanol–water partition coefficient (Wildman–Crippen LogP) is 4.76. The quantitative estimate of drug-likeness (QED) is 0.764. The molecule has 1 aromatic heterocycles. The second-order valence-corrected chi connectivity index (χ2v) is 7.35. The molecule has 0 saturated carbocycles. The second-order valence-electron chi connectivity index (χ2n) is 5.71. The number of nitrogens with one attached hydrogen (secondary N) is 1. The van der Waals surface area contributed by atoms with E-state index in [0.717, 1.165) is 39.1 Å². The first-order chi connectivity index (χ1) is 9.90. The van der Waals surface area contributed by atoms with Crippen LogP contribution in [0, 0.1) is 19.8 Å². The Hall–Kier alpha value is -0.650. The molecule has 0 unspecified atom stereocenters. The molecule has 0 aliphatic heterocycles. The van der Waals surface area contributed by atoms with Gasteiger partial charge in [0.1, 0.15) is 0 Å². The van der Waals surface area contributed by atoms with Gasteiger partial charge in [-0.3, -0.25) is 0 Å². The Bertz CT molecular complexity index is 633. The van der Waals surface area contributed by atoms with E-state index in [9.17, 15) is 0 Å². The lowest BCUT2D eigenvalue weighted by molar-refractivity contribution is 0.552. The number of aromatic nitrogens is 2. The summed E-state index contributed by atoms with van der Waals surface area (Å²) in [5, 5.41) is 8.04. The lowest BCUT2D eigenvalue weighted by atomic mass is 10.2. The molecular weight excluding hydrogens is 394 g/mol. The van der Waals surface area contributed by atoms with Gasteiger partial charge in [-0.05, 0) is 75.9 Å². The highest BCUT2D eigenvalue weighted by molar-refractivity contribution is 9.11. The molecule has 0 saturated heterocycles. The van der Waals surface area contributed by atoms with Crippen molar-refractivity contribution in [1.82, 2.24) is 15.1 Å². The molecule has 0 aliphatic rings. The molecule has 1 N–H and O–H groups in total. The summed E-state index contributed by atoms with van der Waals surface area (Å²) in [5.74, 6) is 0.666. The molecule has 0 atom stereocenters. The zero-order valence-corrected chi connectivity index (χ0v) is 16.0. The predicted molar refractivity (Wildman–Crippen MR) is 95.0 cm³/mol. The van der Waals surface area contributed by atoms with Crippen LogP contribution in [-0.2, 0) is 6.54 Å². The van der Waals surface area contributed by atoms with E-state index < -0.39 is 0 Å². The summed E-state index contributed by atoms with van der Waals surface area (Å²) in [6, 6.07) is 6.42. The van der Waals surface area contributed by atoms with Gasteiger partial charge in [-0.2, -0.15) is 5.10 Å². The Morgan fingerprint density at radius 2 is 1.95 bits per heavy atom. The van der Waals surface area contributed by atoms with Crippen LogP contribution in [0.4, 0.5) is 0 Å². The fourth-order valence-electron chi connectivity index (χ4n) is 2.20. The van der Waals surface area contributed by atoms with Gasteiger partial charge < -0.3 is 5.32 Å². The maximum atomic E-state index is 4.58. The van der Waals surface area contributed by atoms with Gasteiger partial charge in [-0.15, -0.1) is 0 Å². The molecule has 0 amide bonds. The topological polar surface area (TPSA) is 29.9 Å². The van der Waals surface area contributed by atoms with E-state index in [1.807, 2.05) is 11.6 Å². The van der Waals surface area contributed by atoms with Crippen LogP contribution < -0.4 is 5.32 Å². The van der Waals surface area contributed by atoms with Gasteiger partial charge >= 0.3 is 0 Å². The lowest BCUT2D eigenvalue weighted by Crippen LogP contribution is -2.19. The molecule has 21 heavy (non-hydrogen) atoms. The highest BCUT2D eigenvalue weighted by Gasteiger charge is 2.12. The number of hydrogen-bond acceptors (Lipinski definition) is 2. The minimum Gasteiger partial charge on any atom is -0.312 e. The highest BCUT2D eigenvalue weighted by atomic mass is 79.9. The van der Waals surface area contributed by atoms with Crippen molar-refractivity contribution in [1.29, 1.82) is 0 Å². The SMILES string of the molecule is Cc1nn(-c2ccc(CNCC(C)C)cc2Br)c(C)c1Br. The summed E-state index contributed by atoms with van der Waals surface area (Å²) < 4.78 is 4.09. The van der Waals surface area contributed by atoms with E-state index >= 15 is 0 Å². The van der Waals surface area contributed by atoms with Crippen LogP contribution in [0.15, 0.2) is 27.1 Å². The van der Waals surface area contributed by atoms with Crippen molar-refractivity contribution in [2.45, 2.75) is 34.2 Å². The van der Waals surface area contributed by atoms with Crippen LogP contribution in [0.3, 0.4) is 0 Å². The Kier molecular flexibility index (Phi) is 5.63. The zero-order valence-electron chi connectivity index (χ0n) is 12.9. The van der Waals surface area contributed by atoms with E-state index in [1.165, 1.54) is 5.56 Å². The van der Waals surface area contributed by atoms with E-state index in [-0.39, 0.29) is 0 Å². The van der Waals surface area contributed by atoms with E-state index in [0.29, 0.717) is 5.92 Å². The molecule has 2 rings (SSSR count). The zero-order chi connectivity index (χ0) is 15.6. The van der Waals surface area contributed by atoms with E-state index in [2.05, 4.69) is 81.2 Å². The van der Waals surface area contributed by atoms with Gasteiger partial charge in [-0.25, -0.2) is 4.68 Å². The van der Waals surface area contributed by atoms with Crippen LogP contribution in [0.25, 0.3) is 5.69 Å². The molecule has 0 spiro atoms. The summed E-state index contributed by atoms with van der Waals surface area (Å²) in [4.78, 5) is 0. The normalized spacial score (nSPS) is 11.4. The average Bonchev–Trinajstić information content (AvgIpc) is 2.66. The van der Waals surface area contributed by atoms with Crippen LogP contribution in [0.5, 0.6) is 0 Å². The summed E-state index contributed by atoms with van der Waals surface area (Å²) in [6.07, 6.45) is 0. The Labute approximate surface area is 143 Å². The molecule has 2 aromatic rings. The highest BCUT2D eigenvalue weighted by Crippen LogP contribution is 2.27. The first-order valence-corrected chi connectivity index (χ1v) is 8.70. The minimum absolute atomic E-state index is 0.666. The second kappa shape index (κ2) is 7.07. The Morgan fingerprint density at radius 1 is 1.24 bits per heavy atom. The van der Waals surface area contributed by atoms with Crippen molar-refractivity contribution >= 4 is 31.9 Å². The number of aryl methyl sites for hydroxylation is 1. The van der Waals surface area contributed by atoms with Crippen molar-refractivity contribution in [3.05, 3.63) is 44.1 Å². The van der Waals surface area contributed by atoms with Crippen molar-refractivity contribution in [3.8, 4) is 5.69 Å². The molecule has 1 aromatic carbocycles. The molecule has 0 radical (unpaired) electrons. The van der Waals surface area contributed by atoms with E-state index in [4.69, 9.17) is 0 Å². The standard InChI is InChI=1S/C16H21Br2N3/c1-10(2)8-19-9-13-5-6-15(14(17)7-13)21-12(4)16(18)11(3)20-21/h5-7,10,19H,8-9H2,1-4H3. The smallest absolute Gasteiger partial charge is 0.0791 e. The van der Waals surface area contributed by atoms with Crippen LogP contribution in [0.1, 0.15) is 30.8 Å². The molecule has 0 aliphatic carbocycles. The number of benzene rings is 1. The maximum Gasteiger partial charge on any atom is 0.0791 e. The van der Waals surface area contributed by atoms with Crippen LogP contribution in [0.2, 0.25) is 0 Å². The van der Waals surface area contributed by atoms with Crippen molar-refractivity contribution < 1.29 is 0 Å². The van der Waals surface area contributed by atoms with Gasteiger partial charge in [0.2, 0.25) is 0 Å². The summed E-state index contributed by atoms with van der Waals surface area (Å²) in [5.41, 5.74) is 4.45. The Morgan fingerprint density at radius 3 is 2.48 bits per heavy atom. The van der Waals surface area contributed by atoms with Gasteiger partial charge in [0.25, 0.3) is 0 Å². The Balaban J connectivity index is 2.21. The van der Waals surface area contributed by atoms with Crippen LogP contribution in [-0.4, -0.2) is 16.3 Å². The summed E-state index contributed by atoms with van der Waals surface area (Å²) in [7, 11) is 0. The van der Waals surface area contributed by atoms with Crippen molar-refractivity contribution in [2.24, 2.45) is 5.92 Å². The van der Waals surface area contributed by atoms with Gasteiger partial charge in [0.15, 0.2) is 0 Å². The molecule has 3 nitrogen and oxygen atoms in total. The molecule has 114 valence electrons. The molecule has 5 heteroatoms. The fraction of sp³-hybridized carbons (Fsp3) is 0.438. The largest absolute Gasteiger partial charge is 0.312 e. The summed E-state index contributed by atoms with van der Waals surface area (Å²) >= 11 is 7.24. The van der Waals surface area contributed by atoms with E-state index in [1.54, 1.807) is 0 Å². The average molecular weight is 415 g/mol. The number of rotatable bonds is 5. The number of nitrogens with zero attached hydrogens (tertiary/aromatic N) is 2. The lowest BCUT2D eigenvalue weighted by Gasteiger charge is -2.11. The first kappa shape index (κ1) is 16.7. The molecule has 0 fully saturated rings. The number of halogens is 2. The third kappa shape index (κ3) is 3.96. The van der Waals surface area contributed by atoms with Gasteiger partial charge in [-0.1, -0.05) is 19.9 Å². The fourth-order valence-corrected chi connectivity index (χ4v) is 3.04. The van der Waals surface area contributed by atoms with Crippen molar-refractivity contribution in [3.63, 3.8) is 0 Å². The van der Waals surface area contributed by atoms with Gasteiger partial charge in [0.05, 0.1) is 21.5 Å². The third-order valence-electron chi connectivity index (χ3n) is 3.32. The van der Waals surface area contributed by atoms with Gasteiger partial charge in [0, 0.05) is 11.0 Å². The molecule has 1 heterocycles. The number of hydrogen-bond donors (Lipinski definition) is 1. The van der Waals surface area contributed by atoms with Crippen molar-refractivity contribution in [2.75, 3.05) is 6.54 Å². The minimum atomic E-state index is 0.666. The third-order valence-corrected chi connectivity index (χ3v) is 5.11. The first-order valence-electron chi connectivity index (χ1n) is 7.11. The summed E-state index contributed by atoms with van der Waals surface area (Å²) in [6.45, 7) is 10.4. The maximum absolute atomic E-state index is 4.58. The molecule has 0 bridgehead atoms. The van der Waals surface area contributed by atoms with Crippen LogP contribution >= 0.6 is 31.9 Å². The monoisotopic (exact) mass is 413 g/mol.